The van der Waals surface area contributed by atoms with Crippen LogP contribution in [0.15, 0.2) is 11.6 Å². The first kappa shape index (κ1) is 16.0. The summed E-state index contributed by atoms with van der Waals surface area (Å²) in [5.41, 5.74) is 1.51. The summed E-state index contributed by atoms with van der Waals surface area (Å²) in [6, 6.07) is 0. The van der Waals surface area contributed by atoms with Gasteiger partial charge < -0.3 is 10.2 Å². The van der Waals surface area contributed by atoms with Gasteiger partial charge in [0.25, 0.3) is 0 Å². The second-order valence-corrected chi connectivity index (χ2v) is 4.58. The maximum atomic E-state index is 9.66. The first-order chi connectivity index (χ1) is 7.70. The van der Waals surface area contributed by atoms with Crippen LogP contribution in [0.25, 0.3) is 0 Å². The van der Waals surface area contributed by atoms with Gasteiger partial charge in [-0.1, -0.05) is 43.9 Å². The fourth-order valence-electron chi connectivity index (χ4n) is 1.71. The van der Waals surface area contributed by atoms with E-state index in [9.17, 15) is 10.2 Å². The topological polar surface area (TPSA) is 40.5 Å². The fraction of sp³-hybridized carbons (Fsp3) is 0.846. The molecule has 0 saturated carbocycles. The summed E-state index contributed by atoms with van der Waals surface area (Å²) >= 11 is 5.39. The van der Waals surface area contributed by atoms with Gasteiger partial charge in [0, 0.05) is 5.54 Å². The number of aliphatic hydroxyl groups is 2. The van der Waals surface area contributed by atoms with Gasteiger partial charge in [0.2, 0.25) is 0 Å². The number of rotatable bonds is 10. The molecule has 0 heterocycles. The van der Waals surface area contributed by atoms with Crippen molar-refractivity contribution >= 4 is 11.6 Å². The number of hydrogen-bond donors (Lipinski definition) is 2. The molecule has 0 radical (unpaired) electrons. The average molecular weight is 249 g/mol. The van der Waals surface area contributed by atoms with E-state index in [1.807, 2.05) is 6.08 Å². The van der Waals surface area contributed by atoms with Crippen molar-refractivity contribution in [2.75, 3.05) is 0 Å². The van der Waals surface area contributed by atoms with E-state index in [1.54, 1.807) is 0 Å². The van der Waals surface area contributed by atoms with E-state index in [-0.39, 0.29) is 12.2 Å². The predicted octanol–water partition coefficient (Wildman–Crippen LogP) is 3.60. The van der Waals surface area contributed by atoms with E-state index in [0.29, 0.717) is 6.42 Å². The van der Waals surface area contributed by atoms with Gasteiger partial charge in [-0.2, -0.15) is 0 Å². The lowest BCUT2D eigenvalue weighted by atomic mass is 10.0. The maximum Gasteiger partial charge on any atom is 0.0565 e. The molecule has 0 aromatic heterocycles. The van der Waals surface area contributed by atoms with Gasteiger partial charge in [0.1, 0.15) is 0 Å². The molecule has 0 fully saturated rings. The zero-order valence-electron chi connectivity index (χ0n) is 10.2. The van der Waals surface area contributed by atoms with Gasteiger partial charge >= 0.3 is 0 Å². The summed E-state index contributed by atoms with van der Waals surface area (Å²) in [7, 11) is 0. The van der Waals surface area contributed by atoms with Crippen molar-refractivity contribution in [2.45, 2.75) is 70.5 Å². The molecule has 0 aliphatic rings. The summed E-state index contributed by atoms with van der Waals surface area (Å²) < 4.78 is 0. The minimum Gasteiger partial charge on any atom is -0.393 e. The number of halogens is 1. The van der Waals surface area contributed by atoms with E-state index in [4.69, 9.17) is 11.6 Å². The van der Waals surface area contributed by atoms with Gasteiger partial charge in [-0.3, -0.25) is 0 Å². The van der Waals surface area contributed by atoms with Crippen LogP contribution in [0.2, 0.25) is 0 Å². The first-order valence-electron chi connectivity index (χ1n) is 6.32. The highest BCUT2D eigenvalue weighted by molar-refractivity contribution is 6.25. The van der Waals surface area contributed by atoms with Gasteiger partial charge in [-0.25, -0.2) is 0 Å². The second-order valence-electron chi connectivity index (χ2n) is 4.33. The van der Waals surface area contributed by atoms with Crippen LogP contribution in [0.1, 0.15) is 58.3 Å². The molecule has 0 rings (SSSR count). The molecule has 3 heteroatoms. The molecule has 2 unspecified atom stereocenters. The lowest BCUT2D eigenvalue weighted by molar-refractivity contribution is 0.0687. The lowest BCUT2D eigenvalue weighted by Crippen LogP contribution is -2.17. The summed E-state index contributed by atoms with van der Waals surface area (Å²) in [5, 5.41) is 19.3. The second kappa shape index (κ2) is 11.4. The third-order valence-electron chi connectivity index (χ3n) is 2.68. The number of hydrogen-bond acceptors (Lipinski definition) is 2. The van der Waals surface area contributed by atoms with Crippen molar-refractivity contribution in [2.24, 2.45) is 0 Å². The molecular weight excluding hydrogens is 224 g/mol. The van der Waals surface area contributed by atoms with Gasteiger partial charge in [0.15, 0.2) is 0 Å². The Morgan fingerprint density at radius 2 is 1.69 bits per heavy atom. The van der Waals surface area contributed by atoms with Gasteiger partial charge in [0.05, 0.1) is 12.2 Å². The smallest absolute Gasteiger partial charge is 0.0565 e. The van der Waals surface area contributed by atoms with E-state index in [1.165, 1.54) is 12.0 Å². The molecule has 0 bridgehead atoms. The summed E-state index contributed by atoms with van der Waals surface area (Å²) in [4.78, 5) is 0. The Balaban J connectivity index is 3.42. The fourth-order valence-corrected chi connectivity index (χ4v) is 1.84. The average Bonchev–Trinajstić information content (AvgIpc) is 2.25. The standard InChI is InChI=1S/C13H25ClO2/c1-2-3-5-8-12(15)11-13(16)9-6-4-7-10-14/h7,10,12-13,15-16H,2-6,8-9,11H2,1H3/b10-7+. The van der Waals surface area contributed by atoms with Crippen LogP contribution in [0.3, 0.4) is 0 Å². The van der Waals surface area contributed by atoms with Crippen molar-refractivity contribution in [1.29, 1.82) is 0 Å². The summed E-state index contributed by atoms with van der Waals surface area (Å²) in [6.45, 7) is 2.14. The first-order valence-corrected chi connectivity index (χ1v) is 6.75. The van der Waals surface area contributed by atoms with Crippen LogP contribution < -0.4 is 0 Å². The minimum atomic E-state index is -0.375. The third kappa shape index (κ3) is 10.5. The normalized spacial score (nSPS) is 15.5. The van der Waals surface area contributed by atoms with Crippen LogP contribution in [-0.4, -0.2) is 22.4 Å². The predicted molar refractivity (Wildman–Crippen MR) is 69.6 cm³/mol. The van der Waals surface area contributed by atoms with E-state index in [2.05, 4.69) is 6.92 Å². The molecule has 0 saturated heterocycles. The molecule has 0 aliphatic carbocycles. The van der Waals surface area contributed by atoms with E-state index >= 15 is 0 Å². The minimum absolute atomic E-state index is 0.342. The van der Waals surface area contributed by atoms with Crippen molar-refractivity contribution in [3.8, 4) is 0 Å². The molecule has 0 amide bonds. The molecule has 2 N–H and O–H groups in total. The number of allylic oxidation sites excluding steroid dienone is 1. The molecule has 0 aromatic carbocycles. The molecule has 0 aromatic rings. The Morgan fingerprint density at radius 1 is 1.06 bits per heavy atom. The Hall–Kier alpha value is -0.0500. The van der Waals surface area contributed by atoms with Gasteiger partial charge in [-0.05, 0) is 32.1 Å². The Kier molecular flexibility index (Phi) is 11.4. The highest BCUT2D eigenvalue weighted by Gasteiger charge is 2.10. The molecule has 0 aliphatic heterocycles. The van der Waals surface area contributed by atoms with E-state index in [0.717, 1.165) is 38.5 Å². The van der Waals surface area contributed by atoms with Crippen molar-refractivity contribution < 1.29 is 10.2 Å². The van der Waals surface area contributed by atoms with Crippen molar-refractivity contribution in [3.63, 3.8) is 0 Å². The number of aliphatic hydroxyl groups excluding tert-OH is 2. The molecule has 96 valence electrons. The van der Waals surface area contributed by atoms with Crippen LogP contribution >= 0.6 is 11.6 Å². The zero-order valence-corrected chi connectivity index (χ0v) is 11.0. The van der Waals surface area contributed by atoms with E-state index < -0.39 is 0 Å². The zero-order chi connectivity index (χ0) is 12.2. The monoisotopic (exact) mass is 248 g/mol. The van der Waals surface area contributed by atoms with Crippen molar-refractivity contribution in [1.82, 2.24) is 0 Å². The summed E-state index contributed by atoms with van der Waals surface area (Å²) in [5.74, 6) is 0. The highest BCUT2D eigenvalue weighted by atomic mass is 35.5. The quantitative estimate of drug-likeness (QED) is 0.580. The lowest BCUT2D eigenvalue weighted by Gasteiger charge is -2.15. The number of unbranched alkanes of at least 4 members (excludes halogenated alkanes) is 3. The van der Waals surface area contributed by atoms with Crippen LogP contribution in [0, 0.1) is 0 Å². The third-order valence-corrected chi connectivity index (χ3v) is 2.86. The van der Waals surface area contributed by atoms with Crippen LogP contribution in [-0.2, 0) is 0 Å². The van der Waals surface area contributed by atoms with Crippen LogP contribution in [0.5, 0.6) is 0 Å². The highest BCUT2D eigenvalue weighted by Crippen LogP contribution is 2.12. The molecule has 2 nitrogen and oxygen atoms in total. The van der Waals surface area contributed by atoms with Crippen molar-refractivity contribution in [3.05, 3.63) is 11.6 Å². The maximum absolute atomic E-state index is 9.66. The molecule has 0 spiro atoms. The molecule has 2 atom stereocenters. The van der Waals surface area contributed by atoms with Crippen LogP contribution in [0.4, 0.5) is 0 Å². The molecule has 16 heavy (non-hydrogen) atoms. The Morgan fingerprint density at radius 3 is 2.25 bits per heavy atom. The SMILES string of the molecule is CCCCCC(O)CC(O)CCC/C=C/Cl. The Labute approximate surface area is 104 Å². The molecular formula is C13H25ClO2. The largest absolute Gasteiger partial charge is 0.393 e. The Bertz CT molecular complexity index is 171. The summed E-state index contributed by atoms with van der Waals surface area (Å²) in [6.07, 6.45) is 8.43. The van der Waals surface area contributed by atoms with Gasteiger partial charge in [-0.15, -0.1) is 0 Å².